The summed E-state index contributed by atoms with van der Waals surface area (Å²) in [5, 5.41) is -0.530. The molecule has 0 aliphatic carbocycles. The van der Waals surface area contributed by atoms with Crippen molar-refractivity contribution in [3.8, 4) is 17.2 Å². The summed E-state index contributed by atoms with van der Waals surface area (Å²) < 4.78 is 20.9. The van der Waals surface area contributed by atoms with Gasteiger partial charge in [0.05, 0.1) is 18.6 Å². The molecule has 0 unspecified atom stereocenters. The lowest BCUT2D eigenvalue weighted by Gasteiger charge is -2.18. The van der Waals surface area contributed by atoms with E-state index in [1.807, 2.05) is 6.92 Å². The molecule has 3 rings (SSSR count). The zero-order chi connectivity index (χ0) is 18.8. The van der Waals surface area contributed by atoms with Crippen LogP contribution in [0.1, 0.15) is 19.4 Å². The van der Waals surface area contributed by atoms with E-state index in [1.54, 1.807) is 18.2 Å². The quantitative estimate of drug-likeness (QED) is 0.569. The highest BCUT2D eigenvalue weighted by molar-refractivity contribution is 8.18. The van der Waals surface area contributed by atoms with Gasteiger partial charge in [0.2, 0.25) is 6.79 Å². The van der Waals surface area contributed by atoms with Crippen LogP contribution < -0.4 is 14.2 Å². The zero-order valence-corrected chi connectivity index (χ0v) is 15.3. The molecule has 26 heavy (non-hydrogen) atoms. The van der Waals surface area contributed by atoms with E-state index in [0.717, 1.165) is 16.7 Å². The van der Waals surface area contributed by atoms with E-state index in [0.29, 0.717) is 29.4 Å². The van der Waals surface area contributed by atoms with Gasteiger partial charge in [-0.25, -0.2) is 4.79 Å². The summed E-state index contributed by atoms with van der Waals surface area (Å²) in [5.41, 5.74) is 0.576. The van der Waals surface area contributed by atoms with Gasteiger partial charge in [-0.2, -0.15) is 0 Å². The van der Waals surface area contributed by atoms with E-state index >= 15 is 0 Å². The van der Waals surface area contributed by atoms with Crippen molar-refractivity contribution in [3.63, 3.8) is 0 Å². The molecule has 1 fully saturated rings. The monoisotopic (exact) mass is 379 g/mol. The Kier molecular flexibility index (Phi) is 5.08. The molecule has 1 saturated heterocycles. The largest absolute Gasteiger partial charge is 0.493 e. The lowest BCUT2D eigenvalue weighted by atomic mass is 10.1. The molecule has 2 heterocycles. The minimum atomic E-state index is -0.999. The molecule has 0 spiro atoms. The van der Waals surface area contributed by atoms with Gasteiger partial charge in [-0.3, -0.25) is 14.5 Å². The average molecular weight is 379 g/mol. The van der Waals surface area contributed by atoms with Crippen molar-refractivity contribution in [1.29, 1.82) is 0 Å². The summed E-state index contributed by atoms with van der Waals surface area (Å²) in [4.78, 5) is 37.5. The highest BCUT2D eigenvalue weighted by Gasteiger charge is 2.41. The van der Waals surface area contributed by atoms with Crippen LogP contribution in [0.15, 0.2) is 17.0 Å². The number of carbonyl (C=O) groups is 3. The van der Waals surface area contributed by atoms with Crippen molar-refractivity contribution >= 4 is 35.0 Å². The van der Waals surface area contributed by atoms with Crippen LogP contribution in [0.3, 0.4) is 0 Å². The lowest BCUT2D eigenvalue weighted by Crippen LogP contribution is -2.42. The molecule has 2 aliphatic heterocycles. The molecule has 2 aliphatic rings. The average Bonchev–Trinajstić information content (AvgIpc) is 3.18. The number of imide groups is 1. The van der Waals surface area contributed by atoms with Gasteiger partial charge < -0.3 is 18.9 Å². The van der Waals surface area contributed by atoms with Crippen LogP contribution in [0.25, 0.3) is 6.08 Å². The van der Waals surface area contributed by atoms with Crippen LogP contribution in [0, 0.1) is 0 Å². The Morgan fingerprint density at radius 1 is 1.35 bits per heavy atom. The molecule has 1 atom stereocenters. The van der Waals surface area contributed by atoms with Crippen molar-refractivity contribution in [2.45, 2.75) is 19.9 Å². The maximum absolute atomic E-state index is 12.6. The zero-order valence-electron chi connectivity index (χ0n) is 14.4. The number of methoxy groups -OCH3 is 1. The number of amides is 2. The Morgan fingerprint density at radius 3 is 2.69 bits per heavy atom. The number of thioether (sulfide) groups is 1. The smallest absolute Gasteiger partial charge is 0.328 e. The number of carbonyl (C=O) groups excluding carboxylic acids is 3. The van der Waals surface area contributed by atoms with E-state index in [-0.39, 0.29) is 11.7 Å². The number of benzene rings is 1. The van der Waals surface area contributed by atoms with Crippen LogP contribution in [0.2, 0.25) is 0 Å². The molecule has 9 heteroatoms. The van der Waals surface area contributed by atoms with Gasteiger partial charge in [-0.15, -0.1) is 0 Å². The van der Waals surface area contributed by atoms with E-state index in [4.69, 9.17) is 14.2 Å². The minimum absolute atomic E-state index is 0.109. The summed E-state index contributed by atoms with van der Waals surface area (Å²) >= 11 is 0.756. The Hall–Kier alpha value is -2.68. The van der Waals surface area contributed by atoms with Crippen molar-refractivity contribution in [3.05, 3.63) is 22.6 Å². The molecule has 0 saturated carbocycles. The third-order valence-corrected chi connectivity index (χ3v) is 4.73. The number of fused-ring (bicyclic) bond motifs is 1. The highest BCUT2D eigenvalue weighted by atomic mass is 32.2. The first-order valence-corrected chi connectivity index (χ1v) is 8.69. The Balaban J connectivity index is 1.94. The van der Waals surface area contributed by atoms with Gasteiger partial charge in [-0.1, -0.05) is 0 Å². The first kappa shape index (κ1) is 18.1. The molecule has 2 amide bonds. The van der Waals surface area contributed by atoms with Gasteiger partial charge in [0, 0.05) is 11.6 Å². The molecule has 0 N–H and O–H groups in total. The molecule has 0 bridgehead atoms. The summed E-state index contributed by atoms with van der Waals surface area (Å²) in [6.07, 6.45) is 1.54. The third-order valence-electron chi connectivity index (χ3n) is 3.84. The second kappa shape index (κ2) is 7.28. The Morgan fingerprint density at radius 2 is 2.04 bits per heavy atom. The van der Waals surface area contributed by atoms with Crippen molar-refractivity contribution < 1.29 is 33.3 Å². The normalized spacial score (nSPS) is 18.4. The molecule has 1 aromatic carbocycles. The number of rotatable bonds is 5. The van der Waals surface area contributed by atoms with E-state index in [9.17, 15) is 14.4 Å². The van der Waals surface area contributed by atoms with Crippen LogP contribution in [0.5, 0.6) is 17.2 Å². The lowest BCUT2D eigenvalue weighted by molar-refractivity contribution is -0.148. The summed E-state index contributed by atoms with van der Waals surface area (Å²) in [6, 6.07) is 2.37. The van der Waals surface area contributed by atoms with E-state index < -0.39 is 23.2 Å². The maximum atomic E-state index is 12.6. The number of ether oxygens (including phenoxy) is 4. The minimum Gasteiger partial charge on any atom is -0.493 e. The third kappa shape index (κ3) is 3.22. The maximum Gasteiger partial charge on any atom is 0.328 e. The van der Waals surface area contributed by atoms with E-state index in [1.165, 1.54) is 14.0 Å². The van der Waals surface area contributed by atoms with Gasteiger partial charge in [-0.05, 0) is 37.8 Å². The molecule has 1 aromatic rings. The van der Waals surface area contributed by atoms with Crippen molar-refractivity contribution in [1.82, 2.24) is 4.90 Å². The van der Waals surface area contributed by atoms with Crippen molar-refractivity contribution in [2.24, 2.45) is 0 Å². The number of hydrogen-bond acceptors (Lipinski definition) is 8. The fourth-order valence-corrected chi connectivity index (χ4v) is 3.46. The topological polar surface area (TPSA) is 91.4 Å². The number of nitrogens with zero attached hydrogens (tertiary/aromatic N) is 1. The molecular weight excluding hydrogens is 362 g/mol. The number of hydrogen-bond donors (Lipinski definition) is 0. The first-order valence-electron chi connectivity index (χ1n) is 7.87. The molecule has 8 nitrogen and oxygen atoms in total. The van der Waals surface area contributed by atoms with Crippen LogP contribution in [-0.2, 0) is 14.3 Å². The molecular formula is C17H17NO7S. The Bertz CT molecular complexity index is 805. The van der Waals surface area contributed by atoms with Gasteiger partial charge >= 0.3 is 5.97 Å². The molecule has 138 valence electrons. The second-order valence-electron chi connectivity index (χ2n) is 5.43. The fourth-order valence-electron chi connectivity index (χ4n) is 2.56. The van der Waals surface area contributed by atoms with Gasteiger partial charge in [0.1, 0.15) is 11.8 Å². The Labute approximate surface area is 154 Å². The summed E-state index contributed by atoms with van der Waals surface area (Å²) in [6.45, 7) is 3.80. The predicted molar refractivity (Wildman–Crippen MR) is 93.0 cm³/mol. The van der Waals surface area contributed by atoms with Gasteiger partial charge in [0.25, 0.3) is 11.1 Å². The van der Waals surface area contributed by atoms with Crippen LogP contribution >= 0.6 is 11.8 Å². The summed E-state index contributed by atoms with van der Waals surface area (Å²) in [7, 11) is 1.20. The standard InChI is InChI=1S/C17H17NO7S/c1-4-23-11-7-13-12(24-8-25-13)5-10(11)6-14-15(19)18(17(21)26-14)9(2)16(20)22-3/h5-7,9H,4,8H2,1-3H3/b14-6-/t9-/m0/s1. The van der Waals surface area contributed by atoms with Crippen molar-refractivity contribution in [2.75, 3.05) is 20.5 Å². The highest BCUT2D eigenvalue weighted by Crippen LogP contribution is 2.41. The molecule has 0 aromatic heterocycles. The summed E-state index contributed by atoms with van der Waals surface area (Å²) in [5.74, 6) is 0.370. The predicted octanol–water partition coefficient (Wildman–Crippen LogP) is 2.41. The SMILES string of the molecule is CCOc1cc2c(cc1/C=C1\SC(=O)N([C@@H](C)C(=O)OC)C1=O)OCO2. The first-order chi connectivity index (χ1) is 12.5. The second-order valence-corrected chi connectivity index (χ2v) is 6.42. The molecule has 0 radical (unpaired) electrons. The van der Waals surface area contributed by atoms with Gasteiger partial charge in [0.15, 0.2) is 11.5 Å². The van der Waals surface area contributed by atoms with Crippen LogP contribution in [-0.4, -0.2) is 48.6 Å². The van der Waals surface area contributed by atoms with E-state index in [2.05, 4.69) is 4.74 Å². The van der Waals surface area contributed by atoms with Crippen LogP contribution in [0.4, 0.5) is 4.79 Å². The number of esters is 1. The fraction of sp³-hybridized carbons (Fsp3) is 0.353.